The second kappa shape index (κ2) is 19.8. The molecule has 0 spiro atoms. The first-order chi connectivity index (χ1) is 23.8. The van der Waals surface area contributed by atoms with E-state index in [1.807, 2.05) is 27.7 Å². The monoisotopic (exact) mass is 743 g/mol. The molecule has 16 nitrogen and oxygen atoms in total. The average Bonchev–Trinajstić information content (AvgIpc) is 3.94. The summed E-state index contributed by atoms with van der Waals surface area (Å²) in [6.07, 6.45) is 1.17. The zero-order valence-electron chi connectivity index (χ0n) is 31.7. The van der Waals surface area contributed by atoms with Crippen molar-refractivity contribution < 1.29 is 43.1 Å². The number of nitrogens with one attached hydrogen (secondary N) is 3. The lowest BCUT2D eigenvalue weighted by Crippen LogP contribution is -2.48. The van der Waals surface area contributed by atoms with Crippen LogP contribution in [0.25, 0.3) is 0 Å². The minimum absolute atomic E-state index is 0.00555. The van der Waals surface area contributed by atoms with Gasteiger partial charge < -0.3 is 45.7 Å². The Hall–Kier alpha value is -2.85. The van der Waals surface area contributed by atoms with Crippen LogP contribution in [0, 0.1) is 23.7 Å². The Labute approximate surface area is 302 Å². The molecule has 0 amide bonds. The second-order valence-electron chi connectivity index (χ2n) is 14.1. The summed E-state index contributed by atoms with van der Waals surface area (Å²) in [6.45, 7) is 17.6. The van der Waals surface area contributed by atoms with Gasteiger partial charge in [0.2, 0.25) is 0 Å². The predicted octanol–water partition coefficient (Wildman–Crippen LogP) is 2.46. The van der Waals surface area contributed by atoms with E-state index in [0.29, 0.717) is 17.2 Å². The summed E-state index contributed by atoms with van der Waals surface area (Å²) < 4.78 is 36.6. The van der Waals surface area contributed by atoms with Gasteiger partial charge in [-0.2, -0.15) is 0 Å². The van der Waals surface area contributed by atoms with E-state index in [4.69, 9.17) is 30.2 Å². The summed E-state index contributed by atoms with van der Waals surface area (Å²) in [5, 5.41) is 32.0. The van der Waals surface area contributed by atoms with Crippen molar-refractivity contribution in [3.8, 4) is 0 Å². The Balaban J connectivity index is 2.37. The quantitative estimate of drug-likeness (QED) is 0.0344. The van der Waals surface area contributed by atoms with Crippen LogP contribution in [-0.4, -0.2) is 97.1 Å². The van der Waals surface area contributed by atoms with Crippen LogP contribution in [0.3, 0.4) is 0 Å². The Kier molecular flexibility index (Phi) is 17.2. The van der Waals surface area contributed by atoms with Crippen LogP contribution in [0.4, 0.5) is 0 Å². The zero-order valence-corrected chi connectivity index (χ0v) is 32.6. The molecule has 2 aliphatic rings. The van der Waals surface area contributed by atoms with Crippen molar-refractivity contribution in [3.05, 3.63) is 23.8 Å². The lowest BCUT2D eigenvalue weighted by atomic mass is 10.0. The number of allylic oxidation sites excluding steroid dienone is 1. The Morgan fingerprint density at radius 3 is 1.94 bits per heavy atom. The van der Waals surface area contributed by atoms with Gasteiger partial charge in [0.25, 0.3) is 0 Å². The van der Waals surface area contributed by atoms with Crippen LogP contribution < -0.4 is 27.0 Å². The fourth-order valence-corrected chi connectivity index (χ4v) is 7.48. The number of nitrogens with two attached hydrogens (primary N) is 2. The molecule has 0 saturated heterocycles. The van der Waals surface area contributed by atoms with Gasteiger partial charge in [-0.05, 0) is 64.2 Å². The van der Waals surface area contributed by atoms with E-state index in [1.165, 1.54) is 13.3 Å². The third-order valence-corrected chi connectivity index (χ3v) is 10.4. The molecule has 2 fully saturated rings. The van der Waals surface area contributed by atoms with Gasteiger partial charge in [0, 0.05) is 31.0 Å². The molecule has 2 saturated carbocycles. The molecule has 0 aromatic rings. The Morgan fingerprint density at radius 2 is 1.55 bits per heavy atom. The summed E-state index contributed by atoms with van der Waals surface area (Å²) in [6, 6.07) is -1.90. The maximum absolute atomic E-state index is 14.6. The number of carbonyl (C=O) groups excluding carboxylic acids is 2. The molecule has 17 heteroatoms. The first-order valence-electron chi connectivity index (χ1n) is 17.7. The fourth-order valence-electron chi connectivity index (χ4n) is 5.66. The highest BCUT2D eigenvalue weighted by molar-refractivity contribution is 7.54. The van der Waals surface area contributed by atoms with Gasteiger partial charge in [-0.3, -0.25) is 19.1 Å². The number of esters is 2. The molecule has 0 heterocycles. The first-order valence-corrected chi connectivity index (χ1v) is 19.3. The number of nitrogens with zero attached hydrogens (tertiary/aromatic N) is 2. The lowest BCUT2D eigenvalue weighted by Gasteiger charge is -2.32. The van der Waals surface area contributed by atoms with Gasteiger partial charge in [-0.1, -0.05) is 41.2 Å². The molecule has 0 bridgehead atoms. The van der Waals surface area contributed by atoms with E-state index >= 15 is 0 Å². The van der Waals surface area contributed by atoms with Crippen molar-refractivity contribution in [2.75, 3.05) is 26.9 Å². The van der Waals surface area contributed by atoms with Crippen LogP contribution >= 0.6 is 7.67 Å². The van der Waals surface area contributed by atoms with Gasteiger partial charge in [0.1, 0.15) is 41.4 Å². The molecule has 7 atom stereocenters. The van der Waals surface area contributed by atoms with Crippen LogP contribution in [0.1, 0.15) is 81.1 Å². The molecule has 0 aromatic carbocycles. The molecule has 51 heavy (non-hydrogen) atoms. The normalized spacial score (nSPS) is 24.8. The van der Waals surface area contributed by atoms with Gasteiger partial charge in [0.15, 0.2) is 5.84 Å². The maximum Gasteiger partial charge on any atom is 0.342 e. The molecule has 0 aliphatic heterocycles. The molecule has 7 unspecified atom stereocenters. The van der Waals surface area contributed by atoms with E-state index in [2.05, 4.69) is 32.1 Å². The molecule has 2 aliphatic carbocycles. The summed E-state index contributed by atoms with van der Waals surface area (Å²) in [7, 11) is -2.98. The third-order valence-electron chi connectivity index (χ3n) is 8.59. The Morgan fingerprint density at radius 1 is 1.04 bits per heavy atom. The van der Waals surface area contributed by atoms with Crippen molar-refractivity contribution in [2.45, 2.75) is 117 Å². The highest BCUT2D eigenvalue weighted by atomic mass is 31.2. The molecule has 0 aromatic heterocycles. The lowest BCUT2D eigenvalue weighted by molar-refractivity contribution is -0.146. The minimum atomic E-state index is -4.29. The van der Waals surface area contributed by atoms with Gasteiger partial charge in [0.05, 0.1) is 19.8 Å². The van der Waals surface area contributed by atoms with E-state index < -0.39 is 67.9 Å². The van der Waals surface area contributed by atoms with Crippen LogP contribution in [0.15, 0.2) is 33.8 Å². The average molecular weight is 744 g/mol. The number of aliphatic hydroxyl groups is 2. The zero-order chi connectivity index (χ0) is 38.7. The minimum Gasteiger partial charge on any atom is -0.465 e. The molecular weight excluding hydrogens is 681 g/mol. The highest BCUT2D eigenvalue weighted by Gasteiger charge is 2.66. The van der Waals surface area contributed by atoms with E-state index in [9.17, 15) is 24.4 Å². The number of hydrogen-bond donors (Lipinski definition) is 7. The fraction of sp³-hybridized carbons (Fsp3) is 0.765. The van der Waals surface area contributed by atoms with E-state index in [0.717, 1.165) is 12.8 Å². The molecule has 2 rings (SSSR count). The first kappa shape index (κ1) is 44.3. The third kappa shape index (κ3) is 13.3. The summed E-state index contributed by atoms with van der Waals surface area (Å²) in [5.41, 5.74) is 10.9. The molecular formula is C34H62N7O9P. The predicted molar refractivity (Wildman–Crippen MR) is 196 cm³/mol. The molecule has 0 radical (unpaired) electrons. The number of carbonyl (C=O) groups is 2. The summed E-state index contributed by atoms with van der Waals surface area (Å²) in [5.74, 6) is -1.98. The topological polar surface area (TPSA) is 241 Å². The number of aliphatic imine (C=N–C) groups is 2. The van der Waals surface area contributed by atoms with Crippen LogP contribution in [0.2, 0.25) is 0 Å². The standard InChI is InChI=1S/C34H62N7O9P/c1-11-48-32(43)26(15-19(3)4)40-51(46,41-27(16-20(5)6)33(44)49-12-2)50-18-28(47-10)30(42)34(45)21(7)25(34)17-37-29(22(8)35)31(38-23(9)36)39-24-13-14-24/h17,19-21,24-28,30,42,45H,9,11-16,18,35-36H2,1-8,10H3,(H,38,39)(H2,40,41,46)/b29-22?,37-17-. The number of ether oxygens (including phenoxy) is 3. The smallest absolute Gasteiger partial charge is 0.342 e. The summed E-state index contributed by atoms with van der Waals surface area (Å²) in [4.78, 5) is 34.7. The molecule has 292 valence electrons. The number of methoxy groups -OCH3 is 1. The molecule has 9 N–H and O–H groups in total. The van der Waals surface area contributed by atoms with Crippen LogP contribution in [-0.2, 0) is 32.9 Å². The van der Waals surface area contributed by atoms with Gasteiger partial charge >= 0.3 is 19.6 Å². The van der Waals surface area contributed by atoms with Crippen LogP contribution in [0.5, 0.6) is 0 Å². The van der Waals surface area contributed by atoms with Crippen molar-refractivity contribution in [3.63, 3.8) is 0 Å². The van der Waals surface area contributed by atoms with Crippen molar-refractivity contribution in [1.82, 2.24) is 15.5 Å². The van der Waals surface area contributed by atoms with Crippen molar-refractivity contribution >= 4 is 31.7 Å². The maximum atomic E-state index is 14.6. The van der Waals surface area contributed by atoms with E-state index in [1.54, 1.807) is 27.7 Å². The van der Waals surface area contributed by atoms with Crippen molar-refractivity contribution in [1.29, 1.82) is 0 Å². The Bertz CT molecular complexity index is 1290. The number of rotatable bonds is 23. The highest BCUT2D eigenvalue weighted by Crippen LogP contribution is 2.53. The largest absolute Gasteiger partial charge is 0.465 e. The SMILES string of the molecule is C=C(N)/N=C(/NC1CC1)C(/N=C\C1C(C)C1(O)C(O)C(COP(=O)(NC(CC(C)C)C(=O)OCC)NC(CC(C)C)C(=O)OCC)OC)=C(C)N. The number of amidine groups is 1. The van der Waals surface area contributed by atoms with Gasteiger partial charge in [-0.25, -0.2) is 15.2 Å². The number of aliphatic hydroxyl groups excluding tert-OH is 1. The second-order valence-corrected chi connectivity index (χ2v) is 16.0. The summed E-state index contributed by atoms with van der Waals surface area (Å²) >= 11 is 0. The van der Waals surface area contributed by atoms with Crippen molar-refractivity contribution in [2.24, 2.45) is 45.1 Å². The van der Waals surface area contributed by atoms with E-state index in [-0.39, 0.29) is 49.8 Å². The number of hydrogen-bond acceptors (Lipinski definition) is 13. The van der Waals surface area contributed by atoms with Gasteiger partial charge in [-0.15, -0.1) is 0 Å².